The standard InChI is InChI=1S/C12H19N3O2/c1-10(2)7-13-11(3,4)9(17)15(7)12(5,6)8(16)14-10/h1-6H3,(H,14,16). The molecule has 2 amide bonds. The summed E-state index contributed by atoms with van der Waals surface area (Å²) in [4.78, 5) is 30.4. The first-order valence-corrected chi connectivity index (χ1v) is 5.78. The van der Waals surface area contributed by atoms with Crippen LogP contribution < -0.4 is 5.32 Å². The number of hydrogen-bond donors (Lipinski definition) is 1. The molecule has 0 radical (unpaired) electrons. The van der Waals surface area contributed by atoms with Crippen molar-refractivity contribution in [2.75, 3.05) is 0 Å². The Labute approximate surface area is 101 Å². The second-order valence-corrected chi connectivity index (χ2v) is 6.27. The van der Waals surface area contributed by atoms with Crippen LogP contribution in [0.5, 0.6) is 0 Å². The van der Waals surface area contributed by atoms with E-state index >= 15 is 0 Å². The molecule has 0 bridgehead atoms. The Morgan fingerprint density at radius 1 is 1.06 bits per heavy atom. The molecule has 2 aliphatic heterocycles. The number of aliphatic imine (C=N–C) groups is 1. The summed E-state index contributed by atoms with van der Waals surface area (Å²) in [6.45, 7) is 10.8. The summed E-state index contributed by atoms with van der Waals surface area (Å²) < 4.78 is 0. The summed E-state index contributed by atoms with van der Waals surface area (Å²) >= 11 is 0. The molecular weight excluding hydrogens is 218 g/mol. The highest BCUT2D eigenvalue weighted by atomic mass is 16.2. The van der Waals surface area contributed by atoms with Crippen LogP contribution in [0.3, 0.4) is 0 Å². The van der Waals surface area contributed by atoms with E-state index < -0.39 is 16.6 Å². The van der Waals surface area contributed by atoms with Gasteiger partial charge in [0.2, 0.25) is 5.91 Å². The molecule has 0 unspecified atom stereocenters. The number of rotatable bonds is 0. The molecule has 94 valence electrons. The predicted octanol–water partition coefficient (Wildman–Crippen LogP) is 0.693. The Balaban J connectivity index is 2.61. The molecule has 5 heteroatoms. The van der Waals surface area contributed by atoms with Crippen LogP contribution in [0.1, 0.15) is 41.5 Å². The van der Waals surface area contributed by atoms with Gasteiger partial charge in [-0.2, -0.15) is 0 Å². The van der Waals surface area contributed by atoms with Gasteiger partial charge in [-0.05, 0) is 41.5 Å². The van der Waals surface area contributed by atoms with E-state index in [0.717, 1.165) is 0 Å². The highest BCUT2D eigenvalue weighted by Gasteiger charge is 2.57. The zero-order chi connectivity index (χ0) is 13.2. The van der Waals surface area contributed by atoms with E-state index in [-0.39, 0.29) is 11.8 Å². The summed E-state index contributed by atoms with van der Waals surface area (Å²) in [5.74, 6) is 0.394. The summed E-state index contributed by atoms with van der Waals surface area (Å²) in [7, 11) is 0. The molecule has 5 nitrogen and oxygen atoms in total. The molecule has 1 fully saturated rings. The minimum absolute atomic E-state index is 0.111. The first-order chi connectivity index (χ1) is 7.50. The van der Waals surface area contributed by atoms with Crippen LogP contribution in [0.25, 0.3) is 0 Å². The van der Waals surface area contributed by atoms with Crippen molar-refractivity contribution in [1.82, 2.24) is 10.2 Å². The average molecular weight is 237 g/mol. The molecular formula is C12H19N3O2. The minimum atomic E-state index is -0.876. The van der Waals surface area contributed by atoms with Crippen molar-refractivity contribution in [2.24, 2.45) is 4.99 Å². The van der Waals surface area contributed by atoms with Gasteiger partial charge in [0.1, 0.15) is 16.9 Å². The molecule has 2 rings (SSSR count). The normalized spacial score (nSPS) is 28.6. The summed E-state index contributed by atoms with van der Waals surface area (Å²) in [6.07, 6.45) is 0. The van der Waals surface area contributed by atoms with E-state index in [0.29, 0.717) is 5.84 Å². The quantitative estimate of drug-likeness (QED) is 0.674. The van der Waals surface area contributed by atoms with Gasteiger partial charge in [-0.1, -0.05) is 0 Å². The first kappa shape index (κ1) is 12.1. The van der Waals surface area contributed by atoms with E-state index in [1.807, 2.05) is 13.8 Å². The smallest absolute Gasteiger partial charge is 0.256 e. The zero-order valence-corrected chi connectivity index (χ0v) is 11.2. The molecule has 2 aliphatic rings. The predicted molar refractivity (Wildman–Crippen MR) is 64.7 cm³/mol. The molecule has 0 aliphatic carbocycles. The second-order valence-electron chi connectivity index (χ2n) is 6.27. The Hall–Kier alpha value is -1.39. The molecule has 17 heavy (non-hydrogen) atoms. The first-order valence-electron chi connectivity index (χ1n) is 5.78. The van der Waals surface area contributed by atoms with Crippen LogP contribution in [-0.4, -0.2) is 39.2 Å². The number of nitrogens with zero attached hydrogens (tertiary/aromatic N) is 2. The van der Waals surface area contributed by atoms with Gasteiger partial charge < -0.3 is 5.32 Å². The van der Waals surface area contributed by atoms with E-state index in [4.69, 9.17) is 0 Å². The van der Waals surface area contributed by atoms with Gasteiger partial charge in [-0.15, -0.1) is 0 Å². The zero-order valence-electron chi connectivity index (χ0n) is 11.2. The number of carbonyl (C=O) groups excluding carboxylic acids is 2. The number of hydrogen-bond acceptors (Lipinski definition) is 3. The van der Waals surface area contributed by atoms with E-state index in [1.54, 1.807) is 32.6 Å². The van der Waals surface area contributed by atoms with Gasteiger partial charge in [0.05, 0.1) is 5.54 Å². The summed E-state index contributed by atoms with van der Waals surface area (Å²) in [6, 6.07) is 0. The lowest BCUT2D eigenvalue weighted by Gasteiger charge is -2.46. The van der Waals surface area contributed by atoms with Crippen molar-refractivity contribution in [3.05, 3.63) is 0 Å². The van der Waals surface area contributed by atoms with Gasteiger partial charge in [0.15, 0.2) is 0 Å². The molecule has 0 aromatic heterocycles. The van der Waals surface area contributed by atoms with Crippen LogP contribution >= 0.6 is 0 Å². The van der Waals surface area contributed by atoms with Gasteiger partial charge in [-0.3, -0.25) is 19.5 Å². The van der Waals surface area contributed by atoms with Gasteiger partial charge in [-0.25, -0.2) is 0 Å². The molecule has 0 spiro atoms. The van der Waals surface area contributed by atoms with E-state index in [9.17, 15) is 9.59 Å². The van der Waals surface area contributed by atoms with Gasteiger partial charge in [0.25, 0.3) is 5.91 Å². The van der Waals surface area contributed by atoms with E-state index in [1.165, 1.54) is 0 Å². The fraction of sp³-hybridized carbons (Fsp3) is 0.750. The highest BCUT2D eigenvalue weighted by molar-refractivity contribution is 6.17. The van der Waals surface area contributed by atoms with Crippen molar-refractivity contribution >= 4 is 17.6 Å². The van der Waals surface area contributed by atoms with Crippen molar-refractivity contribution in [3.63, 3.8) is 0 Å². The number of fused-ring (bicyclic) bond motifs is 1. The average Bonchev–Trinajstić information content (AvgIpc) is 2.37. The second kappa shape index (κ2) is 2.89. The Morgan fingerprint density at radius 3 is 2.12 bits per heavy atom. The number of amidine groups is 1. The molecule has 0 atom stereocenters. The SMILES string of the molecule is CC1(C)N=C2N(C1=O)C(C)(C)C(=O)NC2(C)C. The largest absolute Gasteiger partial charge is 0.342 e. The maximum Gasteiger partial charge on any atom is 0.256 e. The monoisotopic (exact) mass is 237 g/mol. The van der Waals surface area contributed by atoms with Crippen LogP contribution in [0.4, 0.5) is 0 Å². The summed E-state index contributed by atoms with van der Waals surface area (Å²) in [5, 5.41) is 2.91. The van der Waals surface area contributed by atoms with E-state index in [2.05, 4.69) is 10.3 Å². The van der Waals surface area contributed by atoms with Crippen LogP contribution in [0.15, 0.2) is 4.99 Å². The lowest BCUT2D eigenvalue weighted by Crippen LogP contribution is -2.72. The Morgan fingerprint density at radius 2 is 1.59 bits per heavy atom. The Bertz CT molecular complexity index is 447. The maximum atomic E-state index is 12.3. The van der Waals surface area contributed by atoms with Crippen molar-refractivity contribution in [1.29, 1.82) is 0 Å². The number of piperazine rings is 1. The molecule has 0 aromatic carbocycles. The molecule has 0 aromatic rings. The lowest BCUT2D eigenvalue weighted by molar-refractivity contribution is -0.144. The van der Waals surface area contributed by atoms with Crippen LogP contribution in [-0.2, 0) is 9.59 Å². The van der Waals surface area contributed by atoms with Gasteiger partial charge >= 0.3 is 0 Å². The van der Waals surface area contributed by atoms with Crippen LogP contribution in [0.2, 0.25) is 0 Å². The Kier molecular flexibility index (Phi) is 2.05. The third kappa shape index (κ3) is 1.41. The number of nitrogens with one attached hydrogen (secondary N) is 1. The van der Waals surface area contributed by atoms with Gasteiger partial charge in [0, 0.05) is 0 Å². The number of carbonyl (C=O) groups is 2. The molecule has 1 saturated heterocycles. The lowest BCUT2D eigenvalue weighted by atomic mass is 9.89. The van der Waals surface area contributed by atoms with Crippen LogP contribution in [0, 0.1) is 0 Å². The molecule has 1 N–H and O–H groups in total. The fourth-order valence-electron chi connectivity index (χ4n) is 2.26. The van der Waals surface area contributed by atoms with Crippen molar-refractivity contribution in [3.8, 4) is 0 Å². The third-order valence-corrected chi connectivity index (χ3v) is 3.42. The number of amides is 2. The molecule has 0 saturated carbocycles. The van der Waals surface area contributed by atoms with Crippen molar-refractivity contribution in [2.45, 2.75) is 58.2 Å². The fourth-order valence-corrected chi connectivity index (χ4v) is 2.26. The minimum Gasteiger partial charge on any atom is -0.342 e. The highest BCUT2D eigenvalue weighted by Crippen LogP contribution is 2.35. The maximum absolute atomic E-state index is 12.3. The van der Waals surface area contributed by atoms with Crippen molar-refractivity contribution < 1.29 is 9.59 Å². The third-order valence-electron chi connectivity index (χ3n) is 3.42. The summed E-state index contributed by atoms with van der Waals surface area (Å²) in [5.41, 5.74) is -2.26. The topological polar surface area (TPSA) is 61.8 Å². The molecule has 2 heterocycles.